The number of nitriles is 1. The third-order valence-electron chi connectivity index (χ3n) is 3.04. The number of nitrogens with zero attached hydrogens (tertiary/aromatic N) is 2. The predicted octanol–water partition coefficient (Wildman–Crippen LogP) is 1.08. The first-order valence-corrected chi connectivity index (χ1v) is 5.49. The van der Waals surface area contributed by atoms with Crippen molar-refractivity contribution < 1.29 is 0 Å². The van der Waals surface area contributed by atoms with Gasteiger partial charge in [0.05, 0.1) is 12.0 Å². The van der Waals surface area contributed by atoms with E-state index in [0.717, 1.165) is 26.2 Å². The van der Waals surface area contributed by atoms with Gasteiger partial charge in [0.25, 0.3) is 0 Å². The minimum Gasteiger partial charge on any atom is -0.314 e. The zero-order valence-electron chi connectivity index (χ0n) is 9.45. The van der Waals surface area contributed by atoms with Crippen LogP contribution in [0.1, 0.15) is 20.8 Å². The number of piperazine rings is 1. The molecule has 1 N–H and O–H groups in total. The lowest BCUT2D eigenvalue weighted by atomic mass is 9.96. The quantitative estimate of drug-likeness (QED) is 0.732. The minimum absolute atomic E-state index is 0.176. The van der Waals surface area contributed by atoms with Crippen LogP contribution in [0.3, 0.4) is 0 Å². The highest BCUT2D eigenvalue weighted by Crippen LogP contribution is 2.14. The summed E-state index contributed by atoms with van der Waals surface area (Å²) in [5, 5.41) is 12.4. The molecule has 2 atom stereocenters. The molecule has 3 heteroatoms. The minimum atomic E-state index is 0.176. The molecule has 1 saturated heterocycles. The molecule has 0 radical (unpaired) electrons. The second kappa shape index (κ2) is 5.33. The van der Waals surface area contributed by atoms with E-state index < -0.39 is 0 Å². The average Bonchev–Trinajstić information content (AvgIpc) is 2.16. The van der Waals surface area contributed by atoms with Gasteiger partial charge in [0.1, 0.15) is 0 Å². The lowest BCUT2D eigenvalue weighted by Gasteiger charge is -2.35. The van der Waals surface area contributed by atoms with E-state index in [4.69, 9.17) is 5.26 Å². The zero-order chi connectivity index (χ0) is 10.6. The van der Waals surface area contributed by atoms with Gasteiger partial charge in [-0.25, -0.2) is 0 Å². The molecule has 1 heterocycles. The average molecular weight is 195 g/mol. The summed E-state index contributed by atoms with van der Waals surface area (Å²) in [4.78, 5) is 2.42. The summed E-state index contributed by atoms with van der Waals surface area (Å²) in [6.45, 7) is 10.6. The second-order valence-electron chi connectivity index (χ2n) is 4.53. The Labute approximate surface area is 87.1 Å². The van der Waals surface area contributed by atoms with Gasteiger partial charge in [-0.15, -0.1) is 0 Å². The number of hydrogen-bond acceptors (Lipinski definition) is 3. The van der Waals surface area contributed by atoms with E-state index in [1.807, 2.05) is 0 Å². The van der Waals surface area contributed by atoms with E-state index in [0.29, 0.717) is 12.0 Å². The van der Waals surface area contributed by atoms with Crippen LogP contribution in [0.25, 0.3) is 0 Å². The fourth-order valence-corrected chi connectivity index (χ4v) is 1.81. The molecule has 0 amide bonds. The molecule has 0 saturated carbocycles. The van der Waals surface area contributed by atoms with Crippen molar-refractivity contribution in [3.8, 4) is 6.07 Å². The Kier molecular flexibility index (Phi) is 4.37. The third-order valence-corrected chi connectivity index (χ3v) is 3.04. The topological polar surface area (TPSA) is 39.1 Å². The summed E-state index contributed by atoms with van der Waals surface area (Å²) in [5.41, 5.74) is 0. The highest BCUT2D eigenvalue weighted by molar-refractivity contribution is 4.89. The smallest absolute Gasteiger partial charge is 0.0672 e. The Morgan fingerprint density at radius 1 is 1.57 bits per heavy atom. The number of rotatable bonds is 3. The van der Waals surface area contributed by atoms with Gasteiger partial charge in [0.2, 0.25) is 0 Å². The molecule has 0 spiro atoms. The maximum atomic E-state index is 9.02. The van der Waals surface area contributed by atoms with Gasteiger partial charge in [0, 0.05) is 32.2 Å². The van der Waals surface area contributed by atoms with E-state index in [1.165, 1.54) is 0 Å². The van der Waals surface area contributed by atoms with Crippen LogP contribution in [0, 0.1) is 23.2 Å². The number of nitrogens with one attached hydrogen (secondary N) is 1. The molecular weight excluding hydrogens is 174 g/mol. The standard InChI is InChI=1S/C11H21N3/c1-9(2)11(6-12)8-14-5-4-13-7-10(14)3/h9-11,13H,4-5,7-8H2,1-3H3/t10-,11?/m1/s1. The third kappa shape index (κ3) is 2.97. The molecular formula is C11H21N3. The van der Waals surface area contributed by atoms with Crippen molar-refractivity contribution in [2.24, 2.45) is 11.8 Å². The van der Waals surface area contributed by atoms with Crippen LogP contribution < -0.4 is 5.32 Å². The van der Waals surface area contributed by atoms with Gasteiger partial charge in [-0.05, 0) is 12.8 Å². The van der Waals surface area contributed by atoms with E-state index >= 15 is 0 Å². The molecule has 0 aromatic rings. The van der Waals surface area contributed by atoms with Gasteiger partial charge < -0.3 is 5.32 Å². The van der Waals surface area contributed by atoms with Crippen LogP contribution in [-0.2, 0) is 0 Å². The summed E-state index contributed by atoms with van der Waals surface area (Å²) >= 11 is 0. The first-order chi connectivity index (χ1) is 6.65. The molecule has 1 aliphatic rings. The number of hydrogen-bond donors (Lipinski definition) is 1. The molecule has 3 nitrogen and oxygen atoms in total. The molecule has 0 bridgehead atoms. The van der Waals surface area contributed by atoms with E-state index in [1.54, 1.807) is 0 Å². The van der Waals surface area contributed by atoms with Crippen molar-refractivity contribution in [1.29, 1.82) is 5.26 Å². The fraction of sp³-hybridized carbons (Fsp3) is 0.909. The van der Waals surface area contributed by atoms with Crippen LogP contribution in [0.5, 0.6) is 0 Å². The van der Waals surface area contributed by atoms with Crippen LogP contribution in [0.4, 0.5) is 0 Å². The second-order valence-corrected chi connectivity index (χ2v) is 4.53. The summed E-state index contributed by atoms with van der Waals surface area (Å²) in [5.74, 6) is 0.637. The highest BCUT2D eigenvalue weighted by Gasteiger charge is 2.22. The van der Waals surface area contributed by atoms with Crippen LogP contribution in [0.15, 0.2) is 0 Å². The summed E-state index contributed by atoms with van der Waals surface area (Å²) in [7, 11) is 0. The SMILES string of the molecule is CC(C)C(C#N)CN1CCNC[C@H]1C. The Hall–Kier alpha value is -0.590. The molecule has 0 aromatic heterocycles. The molecule has 1 aliphatic heterocycles. The van der Waals surface area contributed by atoms with Crippen molar-refractivity contribution >= 4 is 0 Å². The van der Waals surface area contributed by atoms with Crippen molar-refractivity contribution in [1.82, 2.24) is 10.2 Å². The van der Waals surface area contributed by atoms with Crippen LogP contribution in [0.2, 0.25) is 0 Å². The van der Waals surface area contributed by atoms with E-state index in [9.17, 15) is 0 Å². The normalized spacial score (nSPS) is 26.1. The maximum absolute atomic E-state index is 9.02. The lowest BCUT2D eigenvalue weighted by Crippen LogP contribution is -2.51. The first kappa shape index (κ1) is 11.5. The molecule has 14 heavy (non-hydrogen) atoms. The van der Waals surface area contributed by atoms with Crippen LogP contribution >= 0.6 is 0 Å². The monoisotopic (exact) mass is 195 g/mol. The van der Waals surface area contributed by atoms with E-state index in [-0.39, 0.29) is 5.92 Å². The molecule has 0 aromatic carbocycles. The zero-order valence-corrected chi connectivity index (χ0v) is 9.45. The lowest BCUT2D eigenvalue weighted by molar-refractivity contribution is 0.148. The summed E-state index contributed by atoms with van der Waals surface area (Å²) in [6.07, 6.45) is 0. The van der Waals surface area contributed by atoms with Gasteiger partial charge in [-0.1, -0.05) is 13.8 Å². The summed E-state index contributed by atoms with van der Waals surface area (Å²) < 4.78 is 0. The molecule has 80 valence electrons. The molecule has 1 rings (SSSR count). The van der Waals surface area contributed by atoms with E-state index in [2.05, 4.69) is 37.1 Å². The van der Waals surface area contributed by atoms with Crippen LogP contribution in [-0.4, -0.2) is 37.1 Å². The molecule has 0 aliphatic carbocycles. The van der Waals surface area contributed by atoms with Gasteiger partial charge >= 0.3 is 0 Å². The van der Waals surface area contributed by atoms with Crippen molar-refractivity contribution in [3.05, 3.63) is 0 Å². The molecule has 1 unspecified atom stereocenters. The Morgan fingerprint density at radius 3 is 2.79 bits per heavy atom. The Bertz CT molecular complexity index is 207. The first-order valence-electron chi connectivity index (χ1n) is 5.49. The van der Waals surface area contributed by atoms with Gasteiger partial charge in [-0.3, -0.25) is 4.90 Å². The van der Waals surface area contributed by atoms with Crippen molar-refractivity contribution in [2.45, 2.75) is 26.8 Å². The fourth-order valence-electron chi connectivity index (χ4n) is 1.81. The Morgan fingerprint density at radius 2 is 2.29 bits per heavy atom. The van der Waals surface area contributed by atoms with Gasteiger partial charge in [-0.2, -0.15) is 5.26 Å². The predicted molar refractivity (Wildman–Crippen MR) is 57.8 cm³/mol. The largest absolute Gasteiger partial charge is 0.314 e. The molecule has 1 fully saturated rings. The highest BCUT2D eigenvalue weighted by atomic mass is 15.2. The van der Waals surface area contributed by atoms with Crippen molar-refractivity contribution in [2.75, 3.05) is 26.2 Å². The van der Waals surface area contributed by atoms with Crippen molar-refractivity contribution in [3.63, 3.8) is 0 Å². The maximum Gasteiger partial charge on any atom is 0.0672 e. The van der Waals surface area contributed by atoms with Gasteiger partial charge in [0.15, 0.2) is 0 Å². The summed E-state index contributed by atoms with van der Waals surface area (Å²) in [6, 6.07) is 2.98. The Balaban J connectivity index is 2.45.